The van der Waals surface area contributed by atoms with Crippen LogP contribution in [0.15, 0.2) is 53.3 Å². The highest BCUT2D eigenvalue weighted by atomic mass is 19.1. The molecule has 2 aromatic carbocycles. The molecule has 0 unspecified atom stereocenters. The van der Waals surface area contributed by atoms with Crippen LogP contribution in [0.4, 0.5) is 10.3 Å². The molecule has 0 bridgehead atoms. The lowest BCUT2D eigenvalue weighted by Gasteiger charge is -2.26. The van der Waals surface area contributed by atoms with Gasteiger partial charge in [-0.2, -0.15) is 0 Å². The Hall–Kier alpha value is -2.77. The molecule has 0 atom stereocenters. The van der Waals surface area contributed by atoms with Gasteiger partial charge in [-0.3, -0.25) is 9.69 Å². The van der Waals surface area contributed by atoms with Crippen molar-refractivity contribution in [3.8, 4) is 5.69 Å². The Morgan fingerprint density at radius 2 is 1.82 bits per heavy atom. The number of nitrogens with zero attached hydrogens (tertiary/aromatic N) is 3. The molecular weight excluding hydrogens is 359 g/mol. The van der Waals surface area contributed by atoms with Crippen molar-refractivity contribution in [1.82, 2.24) is 14.5 Å². The molecule has 6 nitrogen and oxygen atoms in total. The number of anilines is 1. The molecule has 1 saturated heterocycles. The number of nitrogens with one attached hydrogen (secondary N) is 1. The summed E-state index contributed by atoms with van der Waals surface area (Å²) in [4.78, 5) is 20.1. The molecule has 3 aromatic rings. The van der Waals surface area contributed by atoms with Gasteiger partial charge in [0.05, 0.1) is 29.8 Å². The van der Waals surface area contributed by atoms with Crippen LogP contribution in [0.1, 0.15) is 6.42 Å². The number of hydrogen-bond donors (Lipinski definition) is 1. The van der Waals surface area contributed by atoms with Crippen LogP contribution in [0.5, 0.6) is 0 Å². The van der Waals surface area contributed by atoms with Crippen molar-refractivity contribution in [2.45, 2.75) is 6.42 Å². The van der Waals surface area contributed by atoms with Gasteiger partial charge in [0.25, 0.3) is 5.56 Å². The van der Waals surface area contributed by atoms with Gasteiger partial charge < -0.3 is 10.1 Å². The number of benzene rings is 2. The number of hydrogen-bond acceptors (Lipinski definition) is 5. The maximum Gasteiger partial charge on any atom is 0.267 e. The SMILES string of the molecule is O=c1c2ccccc2nc(NCCCN2CCOCC2)n1-c1ccc(F)cc1. The lowest BCUT2D eigenvalue weighted by atomic mass is 10.2. The molecule has 0 aliphatic carbocycles. The summed E-state index contributed by atoms with van der Waals surface area (Å²) in [7, 11) is 0. The Morgan fingerprint density at radius 1 is 1.07 bits per heavy atom. The molecule has 0 spiro atoms. The van der Waals surface area contributed by atoms with E-state index in [0.29, 0.717) is 29.1 Å². The van der Waals surface area contributed by atoms with Crippen molar-refractivity contribution in [2.24, 2.45) is 0 Å². The lowest BCUT2D eigenvalue weighted by molar-refractivity contribution is 0.0378. The molecule has 28 heavy (non-hydrogen) atoms. The van der Waals surface area contributed by atoms with Gasteiger partial charge in [-0.25, -0.2) is 13.9 Å². The number of rotatable bonds is 6. The first kappa shape index (κ1) is 18.6. The topological polar surface area (TPSA) is 59.4 Å². The zero-order chi connectivity index (χ0) is 19.3. The summed E-state index contributed by atoms with van der Waals surface area (Å²) in [6, 6.07) is 13.1. The standard InChI is InChI=1S/C21H23FN4O2/c22-16-6-8-17(9-7-16)26-20(27)18-4-1-2-5-19(18)24-21(26)23-10-3-11-25-12-14-28-15-13-25/h1-2,4-9H,3,10-15H2,(H,23,24). The first-order valence-corrected chi connectivity index (χ1v) is 9.54. The van der Waals surface area contributed by atoms with E-state index in [1.807, 2.05) is 18.2 Å². The maximum absolute atomic E-state index is 13.3. The molecule has 1 fully saturated rings. The number of para-hydroxylation sites is 1. The largest absolute Gasteiger partial charge is 0.379 e. The lowest BCUT2D eigenvalue weighted by Crippen LogP contribution is -2.37. The normalized spacial score (nSPS) is 15.0. The highest BCUT2D eigenvalue weighted by Gasteiger charge is 2.13. The predicted octanol–water partition coefficient (Wildman–Crippen LogP) is 2.66. The molecule has 1 N–H and O–H groups in total. The third-order valence-electron chi connectivity index (χ3n) is 4.90. The molecule has 146 valence electrons. The van der Waals surface area contributed by atoms with Crippen LogP contribution in [-0.2, 0) is 4.74 Å². The van der Waals surface area contributed by atoms with Crippen molar-refractivity contribution in [1.29, 1.82) is 0 Å². The van der Waals surface area contributed by atoms with Gasteiger partial charge in [0.15, 0.2) is 0 Å². The fourth-order valence-electron chi connectivity index (χ4n) is 3.41. The van der Waals surface area contributed by atoms with E-state index in [2.05, 4.69) is 15.2 Å². The molecular formula is C21H23FN4O2. The quantitative estimate of drug-likeness (QED) is 0.664. The first-order valence-electron chi connectivity index (χ1n) is 9.54. The van der Waals surface area contributed by atoms with Crippen molar-refractivity contribution >= 4 is 16.9 Å². The van der Waals surface area contributed by atoms with Gasteiger partial charge in [-0.1, -0.05) is 12.1 Å². The van der Waals surface area contributed by atoms with E-state index < -0.39 is 0 Å². The van der Waals surface area contributed by atoms with E-state index in [1.165, 1.54) is 16.7 Å². The molecule has 1 aromatic heterocycles. The van der Waals surface area contributed by atoms with Crippen LogP contribution in [0, 0.1) is 5.82 Å². The summed E-state index contributed by atoms with van der Waals surface area (Å²) in [6.45, 7) is 5.12. The van der Waals surface area contributed by atoms with Crippen LogP contribution in [0.25, 0.3) is 16.6 Å². The molecule has 0 amide bonds. The second-order valence-corrected chi connectivity index (χ2v) is 6.80. The minimum Gasteiger partial charge on any atom is -0.379 e. The van der Waals surface area contributed by atoms with Gasteiger partial charge in [0.1, 0.15) is 5.82 Å². The molecule has 1 aliphatic rings. The van der Waals surface area contributed by atoms with Crippen molar-refractivity contribution in [2.75, 3.05) is 44.7 Å². The average Bonchev–Trinajstić information content (AvgIpc) is 2.73. The molecule has 2 heterocycles. The van der Waals surface area contributed by atoms with Crippen LogP contribution >= 0.6 is 0 Å². The Balaban J connectivity index is 1.59. The number of aromatic nitrogens is 2. The summed E-state index contributed by atoms with van der Waals surface area (Å²) < 4.78 is 20.2. The summed E-state index contributed by atoms with van der Waals surface area (Å²) in [5.41, 5.74) is 1.05. The molecule has 1 aliphatic heterocycles. The van der Waals surface area contributed by atoms with Crippen molar-refractivity contribution < 1.29 is 9.13 Å². The van der Waals surface area contributed by atoms with E-state index in [-0.39, 0.29) is 11.4 Å². The van der Waals surface area contributed by atoms with Gasteiger partial charge in [0, 0.05) is 19.6 Å². The number of morpholine rings is 1. The fourth-order valence-corrected chi connectivity index (χ4v) is 3.41. The smallest absolute Gasteiger partial charge is 0.267 e. The molecule has 0 saturated carbocycles. The molecule has 7 heteroatoms. The Bertz CT molecular complexity index is 997. The zero-order valence-corrected chi connectivity index (χ0v) is 15.6. The van der Waals surface area contributed by atoms with Gasteiger partial charge in [0.2, 0.25) is 5.95 Å². The predicted molar refractivity (Wildman–Crippen MR) is 108 cm³/mol. The van der Waals surface area contributed by atoms with Gasteiger partial charge >= 0.3 is 0 Å². The van der Waals surface area contributed by atoms with Crippen molar-refractivity contribution in [3.63, 3.8) is 0 Å². The molecule has 4 rings (SSSR count). The minimum absolute atomic E-state index is 0.173. The second-order valence-electron chi connectivity index (χ2n) is 6.80. The fraction of sp³-hybridized carbons (Fsp3) is 0.333. The number of fused-ring (bicyclic) bond motifs is 1. The highest BCUT2D eigenvalue weighted by molar-refractivity contribution is 5.79. The number of halogens is 1. The van der Waals surface area contributed by atoms with Crippen LogP contribution in [0.2, 0.25) is 0 Å². The van der Waals surface area contributed by atoms with E-state index in [0.717, 1.165) is 39.3 Å². The van der Waals surface area contributed by atoms with Crippen LogP contribution in [-0.4, -0.2) is 53.8 Å². The first-order chi connectivity index (χ1) is 13.7. The Morgan fingerprint density at radius 3 is 2.61 bits per heavy atom. The monoisotopic (exact) mass is 382 g/mol. The summed E-state index contributed by atoms with van der Waals surface area (Å²) >= 11 is 0. The van der Waals surface area contributed by atoms with Crippen LogP contribution in [0.3, 0.4) is 0 Å². The van der Waals surface area contributed by atoms with E-state index in [1.54, 1.807) is 18.2 Å². The van der Waals surface area contributed by atoms with Gasteiger partial charge in [-0.05, 0) is 49.4 Å². The third kappa shape index (κ3) is 4.05. The maximum atomic E-state index is 13.3. The average molecular weight is 382 g/mol. The van der Waals surface area contributed by atoms with Crippen LogP contribution < -0.4 is 10.9 Å². The third-order valence-corrected chi connectivity index (χ3v) is 4.90. The van der Waals surface area contributed by atoms with E-state index in [4.69, 9.17) is 4.74 Å². The van der Waals surface area contributed by atoms with Gasteiger partial charge in [-0.15, -0.1) is 0 Å². The Labute approximate surface area is 162 Å². The van der Waals surface area contributed by atoms with E-state index in [9.17, 15) is 9.18 Å². The summed E-state index contributed by atoms with van der Waals surface area (Å²) in [6.07, 6.45) is 0.923. The zero-order valence-electron chi connectivity index (χ0n) is 15.6. The number of ether oxygens (including phenoxy) is 1. The minimum atomic E-state index is -0.342. The summed E-state index contributed by atoms with van der Waals surface area (Å²) in [5.74, 6) is 0.128. The van der Waals surface area contributed by atoms with E-state index >= 15 is 0 Å². The van der Waals surface area contributed by atoms with Crippen molar-refractivity contribution in [3.05, 3.63) is 64.7 Å². The summed E-state index contributed by atoms with van der Waals surface area (Å²) in [5, 5.41) is 3.83. The highest BCUT2D eigenvalue weighted by Crippen LogP contribution is 2.16. The Kier molecular flexibility index (Phi) is 5.64. The molecule has 0 radical (unpaired) electrons. The second kappa shape index (κ2) is 8.50.